The number of benzene rings is 2. The molecule has 0 saturated heterocycles. The average molecular weight is 509 g/mol. The van der Waals surface area contributed by atoms with Crippen molar-refractivity contribution in [2.45, 2.75) is 35.6 Å². The van der Waals surface area contributed by atoms with Gasteiger partial charge in [-0.3, -0.25) is 4.79 Å². The van der Waals surface area contributed by atoms with Gasteiger partial charge in [0.25, 0.3) is 0 Å². The fourth-order valence-electron chi connectivity index (χ4n) is 3.22. The van der Waals surface area contributed by atoms with Crippen LogP contribution in [0.4, 0.5) is 5.69 Å². The number of aromatic nitrogens is 2. The van der Waals surface area contributed by atoms with Crippen LogP contribution in [0, 0.1) is 6.92 Å². The molecular formula is C25H24N4O4S2. The summed E-state index contributed by atoms with van der Waals surface area (Å²) in [5.41, 5.74) is 2.27. The van der Waals surface area contributed by atoms with Gasteiger partial charge in [0.05, 0.1) is 28.6 Å². The Morgan fingerprint density at radius 3 is 2.46 bits per heavy atom. The molecular weight excluding hydrogens is 484 g/mol. The average Bonchev–Trinajstić information content (AvgIpc) is 3.37. The van der Waals surface area contributed by atoms with Gasteiger partial charge in [-0.2, -0.15) is 0 Å². The van der Waals surface area contributed by atoms with E-state index in [9.17, 15) is 13.2 Å². The largest absolute Gasteiger partial charge is 0.468 e. The Balaban J connectivity index is 1.38. The van der Waals surface area contributed by atoms with E-state index in [1.807, 2.05) is 43.3 Å². The maximum absolute atomic E-state index is 12.8. The second-order valence-corrected chi connectivity index (χ2v) is 10.8. The third kappa shape index (κ3) is 6.56. The van der Waals surface area contributed by atoms with E-state index in [0.717, 1.165) is 11.3 Å². The topological polar surface area (TPSA) is 114 Å². The molecule has 1 unspecified atom stereocenters. The minimum Gasteiger partial charge on any atom is -0.468 e. The first kappa shape index (κ1) is 24.6. The zero-order valence-corrected chi connectivity index (χ0v) is 20.8. The molecule has 8 nitrogen and oxygen atoms in total. The van der Waals surface area contributed by atoms with E-state index in [0.29, 0.717) is 22.3 Å². The summed E-state index contributed by atoms with van der Waals surface area (Å²) in [5, 5.41) is 3.08. The molecule has 2 heterocycles. The standard InChI is InChI=1S/C25H24N4O4S2/c1-17(34-24-15-23(27-18(2)28-24)19-7-4-3-5-8-19)25(30)29-20-10-12-22(13-11-20)35(31,32)26-16-21-9-6-14-33-21/h3-15,17,26H,16H2,1-2H3,(H,29,30). The van der Waals surface area contributed by atoms with Crippen LogP contribution in [0.25, 0.3) is 11.3 Å². The van der Waals surface area contributed by atoms with Crippen molar-refractivity contribution in [3.8, 4) is 11.3 Å². The predicted molar refractivity (Wildman–Crippen MR) is 135 cm³/mol. The molecule has 0 aliphatic heterocycles. The molecule has 0 bridgehead atoms. The number of sulfonamides is 1. The third-order valence-corrected chi connectivity index (χ3v) is 7.43. The number of carbonyl (C=O) groups is 1. The van der Waals surface area contributed by atoms with Gasteiger partial charge in [0, 0.05) is 11.3 Å². The minimum absolute atomic E-state index is 0.0526. The highest BCUT2D eigenvalue weighted by molar-refractivity contribution is 8.00. The van der Waals surface area contributed by atoms with Gasteiger partial charge in [-0.25, -0.2) is 23.1 Å². The van der Waals surface area contributed by atoms with E-state index in [4.69, 9.17) is 4.42 Å². The van der Waals surface area contributed by atoms with Gasteiger partial charge in [-0.15, -0.1) is 0 Å². The number of hydrogen-bond acceptors (Lipinski definition) is 7. The lowest BCUT2D eigenvalue weighted by Crippen LogP contribution is -2.24. The van der Waals surface area contributed by atoms with Crippen molar-refractivity contribution in [3.05, 3.63) is 90.6 Å². The molecule has 0 aliphatic rings. The van der Waals surface area contributed by atoms with Crippen LogP contribution in [0.15, 0.2) is 93.4 Å². The fraction of sp³-hybridized carbons (Fsp3) is 0.160. The number of thioether (sulfide) groups is 1. The molecule has 0 aliphatic carbocycles. The predicted octanol–water partition coefficient (Wildman–Crippen LogP) is 4.64. The zero-order valence-electron chi connectivity index (χ0n) is 19.1. The summed E-state index contributed by atoms with van der Waals surface area (Å²) in [6.45, 7) is 3.66. The summed E-state index contributed by atoms with van der Waals surface area (Å²) >= 11 is 1.33. The molecule has 0 radical (unpaired) electrons. The van der Waals surface area contributed by atoms with Crippen molar-refractivity contribution < 1.29 is 17.6 Å². The molecule has 10 heteroatoms. The van der Waals surface area contributed by atoms with E-state index >= 15 is 0 Å². The maximum Gasteiger partial charge on any atom is 0.240 e. The van der Waals surface area contributed by atoms with Gasteiger partial charge >= 0.3 is 0 Å². The summed E-state index contributed by atoms with van der Waals surface area (Å²) in [4.78, 5) is 21.8. The summed E-state index contributed by atoms with van der Waals surface area (Å²) < 4.78 is 32.6. The van der Waals surface area contributed by atoms with Crippen LogP contribution in [-0.2, 0) is 21.4 Å². The van der Waals surface area contributed by atoms with E-state index < -0.39 is 15.3 Å². The van der Waals surface area contributed by atoms with Gasteiger partial charge in [-0.05, 0) is 56.3 Å². The van der Waals surface area contributed by atoms with Gasteiger partial charge in [-0.1, -0.05) is 42.1 Å². The highest BCUT2D eigenvalue weighted by Crippen LogP contribution is 2.27. The molecule has 35 heavy (non-hydrogen) atoms. The molecule has 0 fully saturated rings. The molecule has 2 aromatic heterocycles. The third-order valence-electron chi connectivity index (χ3n) is 5.00. The lowest BCUT2D eigenvalue weighted by atomic mass is 10.1. The van der Waals surface area contributed by atoms with Crippen LogP contribution < -0.4 is 10.0 Å². The van der Waals surface area contributed by atoms with Crippen LogP contribution in [0.3, 0.4) is 0 Å². The van der Waals surface area contributed by atoms with Crippen LogP contribution in [0.1, 0.15) is 18.5 Å². The summed E-state index contributed by atoms with van der Waals surface area (Å²) in [6.07, 6.45) is 1.48. The first-order valence-corrected chi connectivity index (χ1v) is 13.2. The van der Waals surface area contributed by atoms with Crippen molar-refractivity contribution in [1.82, 2.24) is 14.7 Å². The highest BCUT2D eigenvalue weighted by Gasteiger charge is 2.18. The van der Waals surface area contributed by atoms with Gasteiger partial charge in [0.2, 0.25) is 15.9 Å². The Morgan fingerprint density at radius 1 is 1.03 bits per heavy atom. The first-order chi connectivity index (χ1) is 16.8. The number of aryl methyl sites for hydroxylation is 1. The summed E-state index contributed by atoms with van der Waals surface area (Å²) in [7, 11) is -3.71. The van der Waals surface area contributed by atoms with E-state index in [1.54, 1.807) is 31.2 Å². The quantitative estimate of drug-likeness (QED) is 0.250. The Bertz CT molecular complexity index is 1390. The van der Waals surface area contributed by atoms with Crippen molar-refractivity contribution >= 4 is 33.4 Å². The van der Waals surface area contributed by atoms with E-state index in [-0.39, 0.29) is 17.3 Å². The van der Waals surface area contributed by atoms with Crippen molar-refractivity contribution in [1.29, 1.82) is 0 Å². The normalized spacial score (nSPS) is 12.3. The van der Waals surface area contributed by atoms with Gasteiger partial charge in [0.15, 0.2) is 0 Å². The van der Waals surface area contributed by atoms with Crippen molar-refractivity contribution in [2.75, 3.05) is 5.32 Å². The second kappa shape index (κ2) is 10.9. The highest BCUT2D eigenvalue weighted by atomic mass is 32.2. The number of amides is 1. The molecule has 4 rings (SSSR count). The molecule has 1 amide bonds. The number of hydrogen-bond donors (Lipinski definition) is 2. The molecule has 2 N–H and O–H groups in total. The molecule has 0 spiro atoms. The van der Waals surface area contributed by atoms with Crippen molar-refractivity contribution in [2.24, 2.45) is 0 Å². The summed E-state index contributed by atoms with van der Waals surface area (Å²) in [5.74, 6) is 0.914. The lowest BCUT2D eigenvalue weighted by Gasteiger charge is -2.13. The van der Waals surface area contributed by atoms with E-state index in [1.165, 1.54) is 30.2 Å². The Hall–Kier alpha value is -3.47. The van der Waals surface area contributed by atoms with Crippen LogP contribution in [0.5, 0.6) is 0 Å². The zero-order chi connectivity index (χ0) is 24.8. The van der Waals surface area contributed by atoms with Gasteiger partial charge in [0.1, 0.15) is 16.6 Å². The molecule has 4 aromatic rings. The Labute approximate surface area is 208 Å². The monoisotopic (exact) mass is 508 g/mol. The number of furan rings is 1. The fourth-order valence-corrected chi connectivity index (χ4v) is 5.10. The van der Waals surface area contributed by atoms with Crippen LogP contribution in [0.2, 0.25) is 0 Å². The minimum atomic E-state index is -3.71. The van der Waals surface area contributed by atoms with Crippen molar-refractivity contribution in [3.63, 3.8) is 0 Å². The van der Waals surface area contributed by atoms with Crippen LogP contribution >= 0.6 is 11.8 Å². The maximum atomic E-state index is 12.8. The number of carbonyl (C=O) groups excluding carboxylic acids is 1. The smallest absolute Gasteiger partial charge is 0.240 e. The summed E-state index contributed by atoms with van der Waals surface area (Å²) in [6, 6.07) is 21.0. The molecule has 180 valence electrons. The second-order valence-electron chi connectivity index (χ2n) is 7.68. The number of nitrogens with zero attached hydrogens (tertiary/aromatic N) is 2. The number of rotatable bonds is 9. The number of nitrogens with one attached hydrogen (secondary N) is 2. The Kier molecular flexibility index (Phi) is 7.64. The van der Waals surface area contributed by atoms with Gasteiger partial charge < -0.3 is 9.73 Å². The lowest BCUT2D eigenvalue weighted by molar-refractivity contribution is -0.115. The molecule has 0 saturated carbocycles. The molecule has 2 aromatic carbocycles. The number of anilines is 1. The Morgan fingerprint density at radius 2 is 1.77 bits per heavy atom. The SMILES string of the molecule is Cc1nc(SC(C)C(=O)Nc2ccc(S(=O)(=O)NCc3ccco3)cc2)cc(-c2ccccc2)n1. The first-order valence-electron chi connectivity index (χ1n) is 10.8. The molecule has 1 atom stereocenters. The van der Waals surface area contributed by atoms with E-state index in [2.05, 4.69) is 20.0 Å². The van der Waals surface area contributed by atoms with Crippen LogP contribution in [-0.4, -0.2) is 29.5 Å².